The predicted molar refractivity (Wildman–Crippen MR) is 82.9 cm³/mol. The normalized spacial score (nSPS) is 14.2. The van der Waals surface area contributed by atoms with Crippen LogP contribution in [0.5, 0.6) is 0 Å². The SMILES string of the molecule is C[Si](C)(C)C[C@@H]([C]=O)NC(=O)[C@@H](N)CCCNC(=N)N. The van der Waals surface area contributed by atoms with Crippen LogP contribution < -0.4 is 22.1 Å². The highest BCUT2D eigenvalue weighted by Crippen LogP contribution is 2.10. The molecule has 0 saturated heterocycles. The fraction of sp³-hybridized carbons (Fsp3) is 0.750. The molecule has 1 amide bonds. The number of nitrogens with one attached hydrogen (secondary N) is 3. The first kappa shape index (κ1) is 18.6. The van der Waals surface area contributed by atoms with E-state index in [0.717, 1.165) is 0 Å². The van der Waals surface area contributed by atoms with Gasteiger partial charge >= 0.3 is 0 Å². The molecule has 0 aliphatic carbocycles. The first-order valence-electron chi connectivity index (χ1n) is 6.67. The standard InChI is InChI=1S/C12H26N5O2Si/c1-20(2,3)8-9(7-18)17-11(19)10(13)5-4-6-16-12(14)15/h9-10H,4-6,8,13H2,1-3H3,(H,17,19)(H4,14,15,16)/t9-,10+/m1/s1. The molecule has 8 heteroatoms. The summed E-state index contributed by atoms with van der Waals surface area (Å²) in [5.74, 6) is -0.437. The van der Waals surface area contributed by atoms with Crippen molar-refractivity contribution in [3.05, 3.63) is 0 Å². The van der Waals surface area contributed by atoms with Gasteiger partial charge in [-0.1, -0.05) is 19.6 Å². The van der Waals surface area contributed by atoms with E-state index in [9.17, 15) is 9.59 Å². The third-order valence-electron chi connectivity index (χ3n) is 2.62. The first-order valence-corrected chi connectivity index (χ1v) is 10.4. The van der Waals surface area contributed by atoms with Crippen LogP contribution in [0.1, 0.15) is 12.8 Å². The second-order valence-corrected chi connectivity index (χ2v) is 11.6. The molecule has 0 saturated carbocycles. The monoisotopic (exact) mass is 300 g/mol. The number of amides is 1. The summed E-state index contributed by atoms with van der Waals surface area (Å²) >= 11 is 0. The van der Waals surface area contributed by atoms with Gasteiger partial charge in [-0.25, -0.2) is 0 Å². The molecule has 0 bridgehead atoms. The lowest BCUT2D eigenvalue weighted by Crippen LogP contribution is -2.48. The zero-order valence-corrected chi connectivity index (χ0v) is 13.5. The van der Waals surface area contributed by atoms with Crippen LogP contribution in [0, 0.1) is 5.41 Å². The minimum absolute atomic E-state index is 0.103. The molecule has 0 spiro atoms. The maximum Gasteiger partial charge on any atom is 0.237 e. The number of nitrogens with two attached hydrogens (primary N) is 2. The molecule has 0 aromatic heterocycles. The Bertz CT molecular complexity index is 343. The van der Waals surface area contributed by atoms with Crippen molar-refractivity contribution in [2.75, 3.05) is 6.54 Å². The molecule has 0 aromatic carbocycles. The van der Waals surface area contributed by atoms with Crippen LogP contribution in [0.25, 0.3) is 0 Å². The molecule has 7 nitrogen and oxygen atoms in total. The van der Waals surface area contributed by atoms with Gasteiger partial charge in [0.05, 0.1) is 12.1 Å². The van der Waals surface area contributed by atoms with E-state index in [4.69, 9.17) is 16.9 Å². The molecule has 115 valence electrons. The molecule has 0 fully saturated rings. The second-order valence-electron chi connectivity index (χ2n) is 6.03. The molecule has 2 atom stereocenters. The molecule has 0 unspecified atom stereocenters. The van der Waals surface area contributed by atoms with Crippen molar-refractivity contribution < 1.29 is 9.59 Å². The van der Waals surface area contributed by atoms with Crippen molar-refractivity contribution in [2.24, 2.45) is 11.5 Å². The highest BCUT2D eigenvalue weighted by molar-refractivity contribution is 6.76. The number of guanidine groups is 1. The molecular weight excluding hydrogens is 274 g/mol. The maximum atomic E-state index is 11.8. The average Bonchev–Trinajstić information content (AvgIpc) is 2.31. The molecule has 0 aromatic rings. The largest absolute Gasteiger partial charge is 0.370 e. The number of rotatable bonds is 9. The van der Waals surface area contributed by atoms with E-state index in [1.54, 1.807) is 0 Å². The van der Waals surface area contributed by atoms with Gasteiger partial charge in [0.1, 0.15) is 0 Å². The number of hydrogen-bond acceptors (Lipinski definition) is 4. The van der Waals surface area contributed by atoms with Crippen molar-refractivity contribution in [2.45, 2.75) is 50.6 Å². The van der Waals surface area contributed by atoms with Gasteiger partial charge in [-0.2, -0.15) is 0 Å². The Hall–Kier alpha value is -1.41. The van der Waals surface area contributed by atoms with Crippen molar-refractivity contribution in [1.82, 2.24) is 10.6 Å². The van der Waals surface area contributed by atoms with Crippen molar-refractivity contribution in [3.8, 4) is 0 Å². The number of carbonyl (C=O) groups is 1. The quantitative estimate of drug-likeness (QED) is 0.169. The predicted octanol–water partition coefficient (Wildman–Crippen LogP) is -0.490. The Morgan fingerprint density at radius 3 is 2.45 bits per heavy atom. The lowest BCUT2D eigenvalue weighted by Gasteiger charge is -2.22. The lowest BCUT2D eigenvalue weighted by atomic mass is 10.1. The van der Waals surface area contributed by atoms with Crippen molar-refractivity contribution >= 4 is 26.2 Å². The van der Waals surface area contributed by atoms with Crippen LogP contribution in [0.4, 0.5) is 0 Å². The minimum Gasteiger partial charge on any atom is -0.370 e. The average molecular weight is 300 g/mol. The van der Waals surface area contributed by atoms with Gasteiger partial charge in [0, 0.05) is 14.6 Å². The molecule has 7 N–H and O–H groups in total. The lowest BCUT2D eigenvalue weighted by molar-refractivity contribution is -0.122. The van der Waals surface area contributed by atoms with Gasteiger partial charge in [0.2, 0.25) is 12.2 Å². The molecule has 20 heavy (non-hydrogen) atoms. The van der Waals surface area contributed by atoms with Gasteiger partial charge in [-0.3, -0.25) is 15.0 Å². The molecule has 0 rings (SSSR count). The van der Waals surface area contributed by atoms with Crippen molar-refractivity contribution in [1.29, 1.82) is 5.41 Å². The van der Waals surface area contributed by atoms with E-state index in [1.165, 1.54) is 0 Å². The smallest absolute Gasteiger partial charge is 0.237 e. The van der Waals surface area contributed by atoms with Crippen LogP contribution >= 0.6 is 0 Å². The topological polar surface area (TPSA) is 134 Å². The molecular formula is C12H26N5O2Si. The summed E-state index contributed by atoms with van der Waals surface area (Å²) in [5, 5.41) is 12.3. The van der Waals surface area contributed by atoms with Gasteiger partial charge in [0.25, 0.3) is 0 Å². The van der Waals surface area contributed by atoms with E-state index in [1.807, 2.05) is 6.29 Å². The van der Waals surface area contributed by atoms with Gasteiger partial charge in [0.15, 0.2) is 5.96 Å². The summed E-state index contributed by atoms with van der Waals surface area (Å²) in [6.07, 6.45) is 2.95. The summed E-state index contributed by atoms with van der Waals surface area (Å²) in [6, 6.07) is -0.585. The Morgan fingerprint density at radius 1 is 1.40 bits per heavy atom. The van der Waals surface area contributed by atoms with E-state index in [-0.39, 0.29) is 11.9 Å². The van der Waals surface area contributed by atoms with E-state index >= 15 is 0 Å². The maximum absolute atomic E-state index is 11.8. The number of carbonyl (C=O) groups excluding carboxylic acids is 2. The van der Waals surface area contributed by atoms with E-state index in [0.29, 0.717) is 25.4 Å². The highest BCUT2D eigenvalue weighted by Gasteiger charge is 2.24. The Balaban J connectivity index is 4.10. The third-order valence-corrected chi connectivity index (χ3v) is 4.25. The Kier molecular flexibility index (Phi) is 8.08. The van der Waals surface area contributed by atoms with Crippen LogP contribution in [-0.2, 0) is 9.59 Å². The fourth-order valence-electron chi connectivity index (χ4n) is 1.69. The summed E-state index contributed by atoms with van der Waals surface area (Å²) in [5.41, 5.74) is 10.9. The van der Waals surface area contributed by atoms with E-state index in [2.05, 4.69) is 30.3 Å². The molecule has 0 aliphatic rings. The van der Waals surface area contributed by atoms with Crippen LogP contribution in [0.2, 0.25) is 25.7 Å². The van der Waals surface area contributed by atoms with Gasteiger partial charge in [-0.05, 0) is 18.9 Å². The van der Waals surface area contributed by atoms with Crippen LogP contribution in [-0.4, -0.2) is 44.9 Å². The molecule has 0 heterocycles. The second kappa shape index (κ2) is 8.70. The molecule has 1 radical (unpaired) electrons. The summed E-state index contributed by atoms with van der Waals surface area (Å²) in [6.45, 7) is 6.86. The summed E-state index contributed by atoms with van der Waals surface area (Å²) < 4.78 is 0. The number of hydrogen-bond donors (Lipinski definition) is 5. The fourth-order valence-corrected chi connectivity index (χ4v) is 3.10. The summed E-state index contributed by atoms with van der Waals surface area (Å²) in [7, 11) is -1.45. The minimum atomic E-state index is -1.45. The van der Waals surface area contributed by atoms with Gasteiger partial charge < -0.3 is 22.1 Å². The summed E-state index contributed by atoms with van der Waals surface area (Å²) in [4.78, 5) is 22.7. The zero-order valence-electron chi connectivity index (χ0n) is 12.5. The highest BCUT2D eigenvalue weighted by atomic mass is 28.3. The zero-order chi connectivity index (χ0) is 15.8. The Morgan fingerprint density at radius 2 is 2.00 bits per heavy atom. The van der Waals surface area contributed by atoms with Crippen LogP contribution in [0.15, 0.2) is 0 Å². The van der Waals surface area contributed by atoms with Crippen molar-refractivity contribution in [3.63, 3.8) is 0 Å². The Labute approximate surface area is 121 Å². The van der Waals surface area contributed by atoms with E-state index < -0.39 is 20.2 Å². The first-order chi connectivity index (χ1) is 9.15. The third kappa shape index (κ3) is 9.51. The van der Waals surface area contributed by atoms with Crippen LogP contribution in [0.3, 0.4) is 0 Å². The molecule has 0 aliphatic heterocycles. The van der Waals surface area contributed by atoms with Gasteiger partial charge in [-0.15, -0.1) is 0 Å².